The Morgan fingerprint density at radius 1 is 1.24 bits per heavy atom. The molecule has 0 aliphatic heterocycles. The molecule has 150 valence electrons. The van der Waals surface area contributed by atoms with Crippen LogP contribution in [0, 0.1) is 13.8 Å². The van der Waals surface area contributed by atoms with E-state index >= 15 is 0 Å². The van der Waals surface area contributed by atoms with Gasteiger partial charge in [0.25, 0.3) is 5.91 Å². The minimum absolute atomic E-state index is 0.264. The molecule has 0 unspecified atom stereocenters. The zero-order valence-corrected chi connectivity index (χ0v) is 16.8. The van der Waals surface area contributed by atoms with Crippen molar-refractivity contribution in [3.8, 4) is 11.4 Å². The molecule has 0 atom stereocenters. The van der Waals surface area contributed by atoms with Gasteiger partial charge in [0.1, 0.15) is 11.6 Å². The average Bonchev–Trinajstić information content (AvgIpc) is 3.43. The number of furan rings is 1. The fourth-order valence-corrected chi connectivity index (χ4v) is 3.58. The number of amides is 1. The third-order valence-corrected chi connectivity index (χ3v) is 5.16. The van der Waals surface area contributed by atoms with Gasteiger partial charge >= 0.3 is 0 Å². The zero-order chi connectivity index (χ0) is 20.4. The van der Waals surface area contributed by atoms with E-state index in [1.807, 2.05) is 31.2 Å². The lowest BCUT2D eigenvalue weighted by atomic mass is 10.1. The Morgan fingerprint density at radius 3 is 2.79 bits per heavy atom. The minimum atomic E-state index is -0.294. The smallest absolute Gasteiger partial charge is 0.292 e. The predicted octanol–water partition coefficient (Wildman–Crippen LogP) is 4.53. The number of rotatable bonds is 7. The third-order valence-electron chi connectivity index (χ3n) is 5.16. The first-order valence-corrected chi connectivity index (χ1v) is 9.58. The van der Waals surface area contributed by atoms with Gasteiger partial charge < -0.3 is 24.0 Å². The summed E-state index contributed by atoms with van der Waals surface area (Å²) in [6.45, 7) is 5.46. The summed E-state index contributed by atoms with van der Waals surface area (Å²) in [7, 11) is 1.69. The second-order valence-electron chi connectivity index (χ2n) is 6.97. The van der Waals surface area contributed by atoms with Crippen LogP contribution in [-0.2, 0) is 11.3 Å². The highest BCUT2D eigenvalue weighted by molar-refractivity contribution is 6.04. The van der Waals surface area contributed by atoms with Gasteiger partial charge in [-0.3, -0.25) is 4.79 Å². The second kappa shape index (κ2) is 7.97. The van der Waals surface area contributed by atoms with Crippen LogP contribution in [0.3, 0.4) is 0 Å². The molecule has 0 fully saturated rings. The maximum atomic E-state index is 12.8. The highest BCUT2D eigenvalue weighted by Gasteiger charge is 2.24. The molecule has 7 heteroatoms. The van der Waals surface area contributed by atoms with Crippen molar-refractivity contribution in [3.63, 3.8) is 0 Å². The molecule has 29 heavy (non-hydrogen) atoms. The number of aromatic amines is 1. The molecule has 3 aromatic heterocycles. The number of anilines is 1. The number of para-hydroxylation sites is 2. The zero-order valence-electron chi connectivity index (χ0n) is 16.8. The van der Waals surface area contributed by atoms with E-state index in [1.165, 1.54) is 6.26 Å². The quantitative estimate of drug-likeness (QED) is 0.453. The van der Waals surface area contributed by atoms with E-state index in [9.17, 15) is 4.79 Å². The van der Waals surface area contributed by atoms with Crippen LogP contribution in [0.2, 0.25) is 0 Å². The van der Waals surface area contributed by atoms with Crippen molar-refractivity contribution in [2.24, 2.45) is 0 Å². The van der Waals surface area contributed by atoms with E-state index < -0.39 is 0 Å². The van der Waals surface area contributed by atoms with Crippen molar-refractivity contribution in [1.82, 2.24) is 14.5 Å². The summed E-state index contributed by atoms with van der Waals surface area (Å²) in [5.41, 5.74) is 4.86. The molecule has 0 saturated heterocycles. The number of carbonyl (C=O) groups is 1. The van der Waals surface area contributed by atoms with Crippen LogP contribution in [0.15, 0.2) is 47.1 Å². The van der Waals surface area contributed by atoms with Gasteiger partial charge in [0.2, 0.25) is 0 Å². The summed E-state index contributed by atoms with van der Waals surface area (Å²) < 4.78 is 12.6. The van der Waals surface area contributed by atoms with Crippen molar-refractivity contribution in [2.75, 3.05) is 19.0 Å². The van der Waals surface area contributed by atoms with Crippen LogP contribution in [0.4, 0.5) is 5.82 Å². The molecule has 0 bridgehead atoms. The number of nitrogens with zero attached hydrogens (tertiary/aromatic N) is 2. The first kappa shape index (κ1) is 19.0. The van der Waals surface area contributed by atoms with E-state index in [-0.39, 0.29) is 11.7 Å². The number of methoxy groups -OCH3 is 1. The Bertz CT molecular complexity index is 1110. The summed E-state index contributed by atoms with van der Waals surface area (Å²) in [6.07, 6.45) is 2.32. The summed E-state index contributed by atoms with van der Waals surface area (Å²) in [6, 6.07) is 11.2. The van der Waals surface area contributed by atoms with Crippen molar-refractivity contribution < 1.29 is 13.9 Å². The van der Waals surface area contributed by atoms with E-state index in [2.05, 4.69) is 21.8 Å². The molecular weight excluding hydrogens is 368 g/mol. The van der Waals surface area contributed by atoms with Crippen LogP contribution in [-0.4, -0.2) is 34.2 Å². The van der Waals surface area contributed by atoms with Gasteiger partial charge in [0, 0.05) is 26.0 Å². The Labute approximate surface area is 168 Å². The number of H-pyrrole nitrogens is 1. The standard InChI is InChI=1S/C22H24N4O3/c1-14-15(2)26(11-7-12-28-3)21(25-22(27)18-10-6-13-29-18)19(14)20-23-16-8-4-5-9-17(16)24-20/h4-6,8-10,13H,7,11-12H2,1-3H3,(H,23,24)(H,25,27). The molecule has 0 radical (unpaired) electrons. The number of carbonyl (C=O) groups excluding carboxylic acids is 1. The average molecular weight is 392 g/mol. The van der Waals surface area contributed by atoms with Crippen LogP contribution in [0.25, 0.3) is 22.4 Å². The summed E-state index contributed by atoms with van der Waals surface area (Å²) in [5.74, 6) is 1.40. The maximum Gasteiger partial charge on any atom is 0.292 e. The van der Waals surface area contributed by atoms with Gasteiger partial charge in [0.05, 0.1) is 22.9 Å². The van der Waals surface area contributed by atoms with Crippen molar-refractivity contribution in [2.45, 2.75) is 26.8 Å². The van der Waals surface area contributed by atoms with Gasteiger partial charge in [-0.15, -0.1) is 0 Å². The molecule has 4 rings (SSSR count). The lowest BCUT2D eigenvalue weighted by molar-refractivity contribution is 0.0996. The number of fused-ring (bicyclic) bond motifs is 1. The van der Waals surface area contributed by atoms with Crippen molar-refractivity contribution in [3.05, 3.63) is 59.7 Å². The molecule has 4 aromatic rings. The first-order chi connectivity index (χ1) is 14.1. The number of benzene rings is 1. The minimum Gasteiger partial charge on any atom is -0.459 e. The van der Waals surface area contributed by atoms with Crippen molar-refractivity contribution >= 4 is 22.8 Å². The number of hydrogen-bond donors (Lipinski definition) is 2. The van der Waals surface area contributed by atoms with Gasteiger partial charge in [-0.2, -0.15) is 0 Å². The number of hydrogen-bond acceptors (Lipinski definition) is 4. The summed E-state index contributed by atoms with van der Waals surface area (Å²) >= 11 is 0. The highest BCUT2D eigenvalue weighted by Crippen LogP contribution is 2.36. The molecule has 0 aliphatic rings. The fourth-order valence-electron chi connectivity index (χ4n) is 3.58. The Hall–Kier alpha value is -3.32. The topological polar surface area (TPSA) is 85.1 Å². The van der Waals surface area contributed by atoms with Crippen LogP contribution >= 0.6 is 0 Å². The van der Waals surface area contributed by atoms with Gasteiger partial charge in [-0.1, -0.05) is 12.1 Å². The molecule has 7 nitrogen and oxygen atoms in total. The van der Waals surface area contributed by atoms with E-state index in [0.29, 0.717) is 19.0 Å². The number of aromatic nitrogens is 3. The molecule has 1 aromatic carbocycles. The van der Waals surface area contributed by atoms with Gasteiger partial charge in [-0.25, -0.2) is 4.98 Å². The van der Waals surface area contributed by atoms with Crippen LogP contribution in [0.5, 0.6) is 0 Å². The lowest BCUT2D eigenvalue weighted by Crippen LogP contribution is -2.16. The predicted molar refractivity (Wildman–Crippen MR) is 112 cm³/mol. The molecule has 0 spiro atoms. The number of ether oxygens (including phenoxy) is 1. The molecule has 0 aliphatic carbocycles. The summed E-state index contributed by atoms with van der Waals surface area (Å²) in [5, 5.41) is 3.04. The normalized spacial score (nSPS) is 11.3. The van der Waals surface area contributed by atoms with Crippen LogP contribution < -0.4 is 5.32 Å². The molecule has 0 saturated carbocycles. The molecule has 1 amide bonds. The number of imidazole rings is 1. The Balaban J connectivity index is 1.82. The van der Waals surface area contributed by atoms with E-state index in [1.54, 1.807) is 19.2 Å². The first-order valence-electron chi connectivity index (χ1n) is 9.58. The Morgan fingerprint density at radius 2 is 2.07 bits per heavy atom. The molecular formula is C22H24N4O3. The molecule has 3 heterocycles. The van der Waals surface area contributed by atoms with Gasteiger partial charge in [-0.05, 0) is 50.1 Å². The van der Waals surface area contributed by atoms with E-state index in [4.69, 9.17) is 14.1 Å². The fraction of sp³-hybridized carbons (Fsp3) is 0.273. The largest absolute Gasteiger partial charge is 0.459 e. The maximum absolute atomic E-state index is 12.8. The second-order valence-corrected chi connectivity index (χ2v) is 6.97. The molecule has 2 N–H and O–H groups in total. The lowest BCUT2D eigenvalue weighted by Gasteiger charge is -2.13. The number of nitrogens with one attached hydrogen (secondary N) is 2. The SMILES string of the molecule is COCCCn1c(C)c(C)c(-c2nc3ccccc3[nH]2)c1NC(=O)c1ccco1. The monoisotopic (exact) mass is 392 g/mol. The summed E-state index contributed by atoms with van der Waals surface area (Å²) in [4.78, 5) is 20.9. The van der Waals surface area contributed by atoms with Gasteiger partial charge in [0.15, 0.2) is 5.76 Å². The highest BCUT2D eigenvalue weighted by atomic mass is 16.5. The van der Waals surface area contributed by atoms with E-state index in [0.717, 1.165) is 40.1 Å². The van der Waals surface area contributed by atoms with Crippen molar-refractivity contribution in [1.29, 1.82) is 0 Å². The van der Waals surface area contributed by atoms with Crippen LogP contribution in [0.1, 0.15) is 28.2 Å². The Kier molecular flexibility index (Phi) is 5.22. The third kappa shape index (κ3) is 3.56.